The number of nitrogens with zero attached hydrogens (tertiary/aromatic N) is 1. The molecule has 1 aromatic rings. The van der Waals surface area contributed by atoms with Crippen molar-refractivity contribution in [1.29, 1.82) is 0 Å². The number of phenolic OH excluding ortho intramolecular Hbond substituents is 1. The first-order valence-electron chi connectivity index (χ1n) is 6.51. The number of aryl methyl sites for hydroxylation is 1. The number of carbonyl (C=O) groups is 3. The smallest absolute Gasteiger partial charge is 0.305 e. The van der Waals surface area contributed by atoms with Crippen molar-refractivity contribution in [2.75, 3.05) is 13.1 Å². The van der Waals surface area contributed by atoms with Gasteiger partial charge in [0.2, 0.25) is 5.91 Å². The number of amides is 2. The second-order valence-corrected chi connectivity index (χ2v) is 4.87. The van der Waals surface area contributed by atoms with E-state index in [0.29, 0.717) is 5.56 Å². The molecule has 2 amide bonds. The van der Waals surface area contributed by atoms with Crippen LogP contribution in [-0.4, -0.2) is 52.0 Å². The van der Waals surface area contributed by atoms with Gasteiger partial charge in [-0.25, -0.2) is 0 Å². The molecule has 0 aromatic heterocycles. The van der Waals surface area contributed by atoms with Gasteiger partial charge < -0.3 is 20.4 Å². The maximum Gasteiger partial charge on any atom is 0.305 e. The molecule has 7 heteroatoms. The number of carboxylic acids is 1. The Bertz CT molecular complexity index is 599. The molecule has 1 heterocycles. The van der Waals surface area contributed by atoms with Gasteiger partial charge in [-0.15, -0.1) is 0 Å². The normalized spacial score (nSPS) is 18.2. The molecule has 112 valence electrons. The van der Waals surface area contributed by atoms with E-state index in [-0.39, 0.29) is 24.4 Å². The van der Waals surface area contributed by atoms with Gasteiger partial charge in [0.05, 0.1) is 12.0 Å². The highest BCUT2D eigenvalue weighted by atomic mass is 16.4. The number of piperazine rings is 1. The standard InChI is InChI=1S/C14H16N2O5/c1-8-3-2-4-9(12(8)19)14(21)16-6-5-15-13(20)10(16)7-11(17)18/h2-4,10,19H,5-7H2,1H3,(H,15,20)(H,17,18). The number of para-hydroxylation sites is 1. The molecule has 1 atom stereocenters. The van der Waals surface area contributed by atoms with E-state index in [9.17, 15) is 19.5 Å². The molecule has 1 aliphatic rings. The van der Waals surface area contributed by atoms with Gasteiger partial charge >= 0.3 is 5.97 Å². The average Bonchev–Trinajstić information content (AvgIpc) is 2.43. The van der Waals surface area contributed by atoms with Crippen LogP contribution in [0.2, 0.25) is 0 Å². The molecule has 0 spiro atoms. The lowest BCUT2D eigenvalue weighted by molar-refractivity contribution is -0.142. The summed E-state index contributed by atoms with van der Waals surface area (Å²) in [5.74, 6) is -2.35. The van der Waals surface area contributed by atoms with Crippen LogP contribution in [-0.2, 0) is 9.59 Å². The van der Waals surface area contributed by atoms with E-state index < -0.39 is 30.2 Å². The third-order valence-electron chi connectivity index (χ3n) is 3.43. The fourth-order valence-electron chi connectivity index (χ4n) is 2.31. The summed E-state index contributed by atoms with van der Waals surface area (Å²) in [5, 5.41) is 21.4. The first kappa shape index (κ1) is 14.8. The predicted molar refractivity (Wildman–Crippen MR) is 72.9 cm³/mol. The van der Waals surface area contributed by atoms with Crippen molar-refractivity contribution in [2.45, 2.75) is 19.4 Å². The summed E-state index contributed by atoms with van der Waals surface area (Å²) in [4.78, 5) is 36.4. The van der Waals surface area contributed by atoms with Gasteiger partial charge in [-0.2, -0.15) is 0 Å². The summed E-state index contributed by atoms with van der Waals surface area (Å²) in [6.45, 7) is 2.12. The van der Waals surface area contributed by atoms with E-state index in [4.69, 9.17) is 5.11 Å². The highest BCUT2D eigenvalue weighted by molar-refractivity contribution is 6.01. The number of phenols is 1. The van der Waals surface area contributed by atoms with Crippen LogP contribution >= 0.6 is 0 Å². The highest BCUT2D eigenvalue weighted by Crippen LogP contribution is 2.24. The number of nitrogens with one attached hydrogen (secondary N) is 1. The molecule has 0 saturated carbocycles. The third kappa shape index (κ3) is 2.96. The lowest BCUT2D eigenvalue weighted by Gasteiger charge is -2.34. The zero-order valence-corrected chi connectivity index (χ0v) is 11.5. The molecule has 3 N–H and O–H groups in total. The van der Waals surface area contributed by atoms with Crippen LogP contribution in [0, 0.1) is 6.92 Å². The molecule has 1 saturated heterocycles. The van der Waals surface area contributed by atoms with Crippen LogP contribution in [0.25, 0.3) is 0 Å². The number of benzene rings is 1. The molecule has 1 unspecified atom stereocenters. The van der Waals surface area contributed by atoms with Crippen molar-refractivity contribution in [1.82, 2.24) is 10.2 Å². The van der Waals surface area contributed by atoms with Gasteiger partial charge in [0.25, 0.3) is 5.91 Å². The average molecular weight is 292 g/mol. The largest absolute Gasteiger partial charge is 0.507 e. The number of carbonyl (C=O) groups excluding carboxylic acids is 2. The van der Waals surface area contributed by atoms with E-state index in [1.807, 2.05) is 0 Å². The first-order valence-corrected chi connectivity index (χ1v) is 6.51. The SMILES string of the molecule is Cc1cccc(C(=O)N2CCNC(=O)C2CC(=O)O)c1O. The molecule has 2 rings (SSSR count). The number of rotatable bonds is 3. The van der Waals surface area contributed by atoms with Crippen molar-refractivity contribution in [3.63, 3.8) is 0 Å². The summed E-state index contributed by atoms with van der Waals surface area (Å²) < 4.78 is 0. The Balaban J connectivity index is 2.32. The van der Waals surface area contributed by atoms with Crippen LogP contribution in [0.1, 0.15) is 22.3 Å². The van der Waals surface area contributed by atoms with Gasteiger partial charge in [-0.3, -0.25) is 14.4 Å². The van der Waals surface area contributed by atoms with Crippen molar-refractivity contribution >= 4 is 17.8 Å². The Morgan fingerprint density at radius 1 is 1.43 bits per heavy atom. The summed E-state index contributed by atoms with van der Waals surface area (Å²) in [5.41, 5.74) is 0.609. The van der Waals surface area contributed by atoms with Crippen LogP contribution in [0.4, 0.5) is 0 Å². The third-order valence-corrected chi connectivity index (χ3v) is 3.43. The van der Waals surface area contributed by atoms with Gasteiger partial charge in [0, 0.05) is 13.1 Å². The van der Waals surface area contributed by atoms with Gasteiger partial charge in [-0.1, -0.05) is 12.1 Å². The second kappa shape index (κ2) is 5.82. The highest BCUT2D eigenvalue weighted by Gasteiger charge is 2.35. The Kier molecular flexibility index (Phi) is 4.11. The van der Waals surface area contributed by atoms with Crippen LogP contribution in [0.3, 0.4) is 0 Å². The molecule has 1 aromatic carbocycles. The minimum atomic E-state index is -1.16. The second-order valence-electron chi connectivity index (χ2n) is 4.87. The van der Waals surface area contributed by atoms with Crippen molar-refractivity contribution in [3.8, 4) is 5.75 Å². The Morgan fingerprint density at radius 3 is 2.81 bits per heavy atom. The fraction of sp³-hybridized carbons (Fsp3) is 0.357. The quantitative estimate of drug-likeness (QED) is 0.733. The van der Waals surface area contributed by atoms with E-state index in [0.717, 1.165) is 0 Å². The first-order chi connectivity index (χ1) is 9.91. The minimum absolute atomic E-state index is 0.0695. The minimum Gasteiger partial charge on any atom is -0.507 e. The summed E-state index contributed by atoms with van der Waals surface area (Å²) in [6.07, 6.45) is -0.468. The number of aliphatic carboxylic acids is 1. The molecule has 0 aliphatic carbocycles. The van der Waals surface area contributed by atoms with E-state index in [1.54, 1.807) is 19.1 Å². The Morgan fingerprint density at radius 2 is 2.14 bits per heavy atom. The molecule has 21 heavy (non-hydrogen) atoms. The lowest BCUT2D eigenvalue weighted by Crippen LogP contribution is -2.57. The molecule has 7 nitrogen and oxygen atoms in total. The lowest BCUT2D eigenvalue weighted by atomic mass is 10.0. The fourth-order valence-corrected chi connectivity index (χ4v) is 2.31. The Hall–Kier alpha value is -2.57. The van der Waals surface area contributed by atoms with Crippen molar-refractivity contribution in [3.05, 3.63) is 29.3 Å². The van der Waals surface area contributed by atoms with Crippen molar-refractivity contribution in [2.24, 2.45) is 0 Å². The van der Waals surface area contributed by atoms with E-state index >= 15 is 0 Å². The molecule has 1 aliphatic heterocycles. The maximum absolute atomic E-state index is 12.5. The molecular formula is C14H16N2O5. The predicted octanol–water partition coefficient (Wildman–Crippen LogP) is 0.116. The zero-order chi connectivity index (χ0) is 15.6. The van der Waals surface area contributed by atoms with Crippen molar-refractivity contribution < 1.29 is 24.6 Å². The molecule has 0 radical (unpaired) electrons. The van der Waals surface area contributed by atoms with Crippen LogP contribution < -0.4 is 5.32 Å². The summed E-state index contributed by atoms with van der Waals surface area (Å²) in [6, 6.07) is 3.67. The monoisotopic (exact) mass is 292 g/mol. The van der Waals surface area contributed by atoms with E-state index in [1.165, 1.54) is 11.0 Å². The number of carboxylic acid groups (broad SMARTS) is 1. The zero-order valence-electron chi connectivity index (χ0n) is 11.5. The van der Waals surface area contributed by atoms with Gasteiger partial charge in [0.1, 0.15) is 11.8 Å². The molecule has 1 fully saturated rings. The van der Waals surface area contributed by atoms with Gasteiger partial charge in [-0.05, 0) is 18.6 Å². The summed E-state index contributed by atoms with van der Waals surface area (Å²) in [7, 11) is 0. The van der Waals surface area contributed by atoms with E-state index in [2.05, 4.69) is 5.32 Å². The number of aromatic hydroxyl groups is 1. The number of hydrogen-bond donors (Lipinski definition) is 3. The molecule has 0 bridgehead atoms. The number of hydrogen-bond acceptors (Lipinski definition) is 4. The van der Waals surface area contributed by atoms with Gasteiger partial charge in [0.15, 0.2) is 0 Å². The molecular weight excluding hydrogens is 276 g/mol. The topological polar surface area (TPSA) is 107 Å². The Labute approximate surface area is 121 Å². The maximum atomic E-state index is 12.5. The van der Waals surface area contributed by atoms with Crippen LogP contribution in [0.15, 0.2) is 18.2 Å². The summed E-state index contributed by atoms with van der Waals surface area (Å²) >= 11 is 0. The van der Waals surface area contributed by atoms with Crippen LogP contribution in [0.5, 0.6) is 5.75 Å².